The fraction of sp³-hybridized carbons (Fsp3) is 0.846. The van der Waals surface area contributed by atoms with Crippen molar-refractivity contribution in [3.63, 3.8) is 0 Å². The summed E-state index contributed by atoms with van der Waals surface area (Å²) in [6.45, 7) is 5.97. The molecule has 4 aliphatic carbocycles. The Morgan fingerprint density at radius 3 is 2.54 bits per heavy atom. The van der Waals surface area contributed by atoms with Crippen LogP contribution in [0.3, 0.4) is 0 Å². The third-order valence-corrected chi connectivity index (χ3v) is 11.0. The van der Waals surface area contributed by atoms with Crippen LogP contribution in [0.4, 0.5) is 0 Å². The minimum atomic E-state index is -4.56. The molecule has 3 fully saturated rings. The molecule has 0 bridgehead atoms. The van der Waals surface area contributed by atoms with Gasteiger partial charge in [-0.1, -0.05) is 32.4 Å². The predicted molar refractivity (Wildman–Crippen MR) is 133 cm³/mol. The van der Waals surface area contributed by atoms with Crippen LogP contribution in [0.15, 0.2) is 11.6 Å². The van der Waals surface area contributed by atoms with E-state index in [1.54, 1.807) is 0 Å². The van der Waals surface area contributed by atoms with Gasteiger partial charge in [0, 0.05) is 6.42 Å². The number of nitrogens with one attached hydrogen (secondary N) is 1. The minimum absolute atomic E-state index is 0.0303. The van der Waals surface area contributed by atoms with Gasteiger partial charge in [0.05, 0.1) is 18.3 Å². The number of hydrogen-bond donors (Lipinski definition) is 5. The fourth-order valence-electron chi connectivity index (χ4n) is 8.63. The van der Waals surface area contributed by atoms with E-state index in [9.17, 15) is 28.2 Å². The Balaban J connectivity index is 1.51. The molecule has 3 saturated carbocycles. The number of amides is 1. The van der Waals surface area contributed by atoms with Gasteiger partial charge in [-0.15, -0.1) is 0 Å². The van der Waals surface area contributed by atoms with Crippen LogP contribution >= 0.6 is 0 Å². The predicted octanol–water partition coefficient (Wildman–Crippen LogP) is 2.31. The molecule has 0 aromatic carbocycles. The van der Waals surface area contributed by atoms with E-state index in [2.05, 4.69) is 26.1 Å². The molecule has 210 valence electrons. The number of carboxylic acids is 1. The second-order valence-electron chi connectivity index (χ2n) is 12.3. The zero-order valence-electron chi connectivity index (χ0n) is 21.8. The molecule has 0 heterocycles. The largest absolute Gasteiger partial charge is 0.480 e. The highest BCUT2D eigenvalue weighted by Crippen LogP contribution is 2.67. The van der Waals surface area contributed by atoms with Crippen LogP contribution in [0.2, 0.25) is 0 Å². The number of aliphatic carboxylic acids is 1. The van der Waals surface area contributed by atoms with E-state index in [1.807, 2.05) is 6.08 Å². The van der Waals surface area contributed by atoms with Crippen molar-refractivity contribution in [2.24, 2.45) is 40.4 Å². The molecule has 0 aliphatic heterocycles. The van der Waals surface area contributed by atoms with Gasteiger partial charge < -0.3 is 20.6 Å². The van der Waals surface area contributed by atoms with Gasteiger partial charge in [0.2, 0.25) is 5.91 Å². The lowest BCUT2D eigenvalue weighted by atomic mass is 9.45. The monoisotopic (exact) mass is 546 g/mol. The number of rotatable bonds is 8. The Bertz CT molecular complexity index is 1040. The van der Waals surface area contributed by atoms with Crippen LogP contribution in [0.5, 0.6) is 0 Å². The molecule has 0 unspecified atom stereocenters. The van der Waals surface area contributed by atoms with Crippen LogP contribution < -0.4 is 5.32 Å². The van der Waals surface area contributed by atoms with Crippen LogP contribution in [0.1, 0.15) is 72.1 Å². The summed E-state index contributed by atoms with van der Waals surface area (Å²) in [5.74, 6) is -0.942. The van der Waals surface area contributed by atoms with Crippen molar-refractivity contribution < 1.29 is 42.1 Å². The summed E-state index contributed by atoms with van der Waals surface area (Å²) in [7, 11) is -4.56. The SMILES string of the molecule is C[C@H](CCC(=O)[15NH][13CH2][13C](=O)O)[C@H]1CC[C@H]2[C@@H]3[C@H](O)C=C4C[C@@H](OS(=O)(=O)O)CC[C@]4(C)[C@H]3C[C@H](O)[C@]12C. The maximum Gasteiger partial charge on any atom is 0.397 e. The maximum atomic E-state index is 12.1. The number of aliphatic hydroxyl groups excluding tert-OH is 2. The van der Waals surface area contributed by atoms with Gasteiger partial charge in [-0.2, -0.15) is 8.42 Å². The molecule has 5 N–H and O–H groups in total. The first-order chi connectivity index (χ1) is 17.2. The number of carbonyl (C=O) groups is 2. The van der Waals surface area contributed by atoms with Crippen LogP contribution in [-0.4, -0.2) is 65.0 Å². The highest BCUT2D eigenvalue weighted by atomic mass is 32.3. The van der Waals surface area contributed by atoms with Crippen molar-refractivity contribution in [3.8, 4) is 0 Å². The standard InChI is InChI=1S/C26H41NO9S/c1-14(4-7-22(30)27-13-23(31)32)17-5-6-18-24-19(12-21(29)26(17,18)3)25(2)9-8-16(36-37(33,34)35)10-15(25)11-20(24)28/h11,14,16-21,24,28-29H,4-10,12-13H2,1-3H3,(H,27,30)(H,31,32)(H,33,34,35)/t14-,16+,17-,18+,19+,20-,21+,24+,25+,26-/m1/s1/i13+1,23+1,27+1. The van der Waals surface area contributed by atoms with Crippen molar-refractivity contribution in [2.45, 2.75) is 90.4 Å². The van der Waals surface area contributed by atoms with E-state index in [0.717, 1.165) is 18.4 Å². The molecule has 10 atom stereocenters. The van der Waals surface area contributed by atoms with E-state index in [4.69, 9.17) is 13.8 Å². The Morgan fingerprint density at radius 2 is 1.89 bits per heavy atom. The Labute approximate surface area is 218 Å². The normalized spacial score (nSPS) is 42.1. The lowest BCUT2D eigenvalue weighted by Crippen LogP contribution is -2.59. The summed E-state index contributed by atoms with van der Waals surface area (Å²) in [6, 6.07) is 0. The number of carboxylic acid groups (broad SMARTS) is 1. The fourth-order valence-corrected chi connectivity index (χ4v) is 9.13. The van der Waals surface area contributed by atoms with E-state index < -0.39 is 46.6 Å². The van der Waals surface area contributed by atoms with Crippen LogP contribution in [0.25, 0.3) is 0 Å². The number of fused-ring (bicyclic) bond motifs is 5. The first-order valence-corrected chi connectivity index (χ1v) is 14.7. The Kier molecular flexibility index (Phi) is 7.87. The number of aliphatic hydroxyl groups is 2. The molecule has 4 aliphatic rings. The highest BCUT2D eigenvalue weighted by molar-refractivity contribution is 7.80. The van der Waals surface area contributed by atoms with Crippen molar-refractivity contribution in [2.75, 3.05) is 6.54 Å². The second-order valence-corrected chi connectivity index (χ2v) is 13.3. The summed E-state index contributed by atoms with van der Waals surface area (Å²) in [4.78, 5) is 22.8. The minimum Gasteiger partial charge on any atom is -0.480 e. The molecule has 4 rings (SSSR count). The van der Waals surface area contributed by atoms with E-state index in [-0.39, 0.29) is 47.3 Å². The lowest BCUT2D eigenvalue weighted by Gasteiger charge is -2.61. The summed E-state index contributed by atoms with van der Waals surface area (Å²) in [5.41, 5.74) is 0.232. The van der Waals surface area contributed by atoms with Crippen molar-refractivity contribution >= 4 is 22.3 Å². The smallest absolute Gasteiger partial charge is 0.397 e. The Morgan fingerprint density at radius 1 is 1.19 bits per heavy atom. The molecule has 0 spiro atoms. The lowest BCUT2D eigenvalue weighted by molar-refractivity contribution is -0.157. The third kappa shape index (κ3) is 5.34. The molecule has 0 aromatic rings. The van der Waals surface area contributed by atoms with Crippen LogP contribution in [-0.2, 0) is 24.2 Å². The molecule has 37 heavy (non-hydrogen) atoms. The van der Waals surface area contributed by atoms with Gasteiger partial charge in [-0.3, -0.25) is 14.1 Å². The third-order valence-electron chi connectivity index (χ3n) is 10.5. The average Bonchev–Trinajstić information content (AvgIpc) is 3.15. The second kappa shape index (κ2) is 10.2. The molecule has 0 radical (unpaired) electrons. The highest BCUT2D eigenvalue weighted by Gasteiger charge is 2.64. The average molecular weight is 547 g/mol. The first-order valence-electron chi connectivity index (χ1n) is 13.4. The van der Waals surface area contributed by atoms with Gasteiger partial charge in [0.15, 0.2) is 0 Å². The maximum absolute atomic E-state index is 12.1. The first kappa shape index (κ1) is 28.5. The molecule has 0 aromatic heterocycles. The van der Waals surface area contributed by atoms with Gasteiger partial charge >= 0.3 is 16.4 Å². The van der Waals surface area contributed by atoms with Gasteiger partial charge in [0.1, 0.15) is 6.54 Å². The van der Waals surface area contributed by atoms with Crippen molar-refractivity contribution in [1.29, 1.82) is 0 Å². The quantitative estimate of drug-likeness (QED) is 0.133. The van der Waals surface area contributed by atoms with Gasteiger partial charge in [0.25, 0.3) is 0 Å². The summed E-state index contributed by atoms with van der Waals surface area (Å²) >= 11 is 0. The summed E-state index contributed by atoms with van der Waals surface area (Å²) in [5, 5.41) is 34.2. The zero-order chi connectivity index (χ0) is 27.3. The topological polar surface area (TPSA) is 170 Å². The molecule has 11 heteroatoms. The zero-order valence-corrected chi connectivity index (χ0v) is 22.6. The molecule has 0 saturated heterocycles. The molecule has 1 amide bonds. The number of hydrogen-bond acceptors (Lipinski definition) is 7. The Hall–Kier alpha value is -1.53. The summed E-state index contributed by atoms with van der Waals surface area (Å²) in [6.07, 6.45) is 4.46. The van der Waals surface area contributed by atoms with Gasteiger partial charge in [-0.05, 0) is 85.4 Å². The van der Waals surface area contributed by atoms with E-state index >= 15 is 0 Å². The van der Waals surface area contributed by atoms with Crippen molar-refractivity contribution in [1.82, 2.24) is 5.32 Å². The molecular formula is C26H41NO9S. The van der Waals surface area contributed by atoms with E-state index in [1.165, 1.54) is 0 Å². The summed E-state index contributed by atoms with van der Waals surface area (Å²) < 4.78 is 36.5. The molecule has 10 nitrogen and oxygen atoms in total. The molecular weight excluding hydrogens is 505 g/mol. The van der Waals surface area contributed by atoms with Crippen molar-refractivity contribution in [3.05, 3.63) is 11.6 Å². The van der Waals surface area contributed by atoms with E-state index in [0.29, 0.717) is 32.1 Å². The van der Waals surface area contributed by atoms with Crippen LogP contribution in [0, 0.1) is 40.4 Å². The number of carbonyl (C=O) groups excluding carboxylic acids is 1. The van der Waals surface area contributed by atoms with Gasteiger partial charge in [-0.25, -0.2) is 4.18 Å².